The summed E-state index contributed by atoms with van der Waals surface area (Å²) < 4.78 is 5.46. The molecular formula is C21H27N3O3. The van der Waals surface area contributed by atoms with Crippen molar-refractivity contribution in [2.45, 2.75) is 19.3 Å². The Balaban J connectivity index is 1.86. The third kappa shape index (κ3) is 6.66. The second kappa shape index (κ2) is 10.2. The molecule has 0 radical (unpaired) electrons. The molecule has 0 heterocycles. The molecule has 2 N–H and O–H groups in total. The average molecular weight is 369 g/mol. The molecule has 0 aliphatic heterocycles. The number of hydrogen-bond donors (Lipinski definition) is 2. The van der Waals surface area contributed by atoms with Crippen molar-refractivity contribution < 1.29 is 14.3 Å². The van der Waals surface area contributed by atoms with Gasteiger partial charge in [-0.15, -0.1) is 0 Å². The first kappa shape index (κ1) is 20.3. The zero-order chi connectivity index (χ0) is 19.6. The van der Waals surface area contributed by atoms with Crippen molar-refractivity contribution in [3.63, 3.8) is 0 Å². The Kier molecular flexibility index (Phi) is 7.67. The molecule has 0 saturated heterocycles. The molecule has 1 unspecified atom stereocenters. The van der Waals surface area contributed by atoms with Crippen LogP contribution in [0.4, 0.5) is 10.5 Å². The number of carbonyl (C=O) groups excluding carboxylic acids is 2. The maximum Gasteiger partial charge on any atom is 0.319 e. The van der Waals surface area contributed by atoms with E-state index >= 15 is 0 Å². The number of ether oxygens (including phenoxy) is 1. The lowest BCUT2D eigenvalue weighted by Gasteiger charge is -2.17. The first-order chi connectivity index (χ1) is 13.0. The molecule has 27 heavy (non-hydrogen) atoms. The quantitative estimate of drug-likeness (QED) is 0.748. The van der Waals surface area contributed by atoms with E-state index in [4.69, 9.17) is 4.74 Å². The summed E-state index contributed by atoms with van der Waals surface area (Å²) in [4.78, 5) is 25.3. The maximum absolute atomic E-state index is 12.2. The van der Waals surface area contributed by atoms with E-state index in [1.54, 1.807) is 38.4 Å². The molecule has 144 valence electrons. The lowest BCUT2D eigenvalue weighted by molar-refractivity contribution is -0.130. The number of rotatable bonds is 8. The number of anilines is 1. The van der Waals surface area contributed by atoms with Crippen molar-refractivity contribution in [3.05, 3.63) is 60.2 Å². The van der Waals surface area contributed by atoms with Gasteiger partial charge in [-0.05, 0) is 24.1 Å². The minimum absolute atomic E-state index is 0.0437. The summed E-state index contributed by atoms with van der Waals surface area (Å²) in [5, 5.41) is 5.71. The summed E-state index contributed by atoms with van der Waals surface area (Å²) in [6, 6.07) is 16.8. The van der Waals surface area contributed by atoms with E-state index in [-0.39, 0.29) is 24.5 Å². The molecule has 2 rings (SSSR count). The van der Waals surface area contributed by atoms with Gasteiger partial charge in [-0.1, -0.05) is 43.3 Å². The number of amides is 3. The van der Waals surface area contributed by atoms with Gasteiger partial charge in [0.05, 0.1) is 0 Å². The molecule has 0 bridgehead atoms. The summed E-state index contributed by atoms with van der Waals surface area (Å²) in [7, 11) is 3.35. The number of nitrogens with zero attached hydrogens (tertiary/aromatic N) is 1. The fourth-order valence-electron chi connectivity index (χ4n) is 2.55. The van der Waals surface area contributed by atoms with Crippen molar-refractivity contribution in [1.29, 1.82) is 0 Å². The number of urea groups is 1. The van der Waals surface area contributed by atoms with Crippen LogP contribution in [0.1, 0.15) is 24.8 Å². The molecule has 0 spiro atoms. The minimum atomic E-state index is -0.272. The Labute approximate surface area is 160 Å². The molecule has 0 aromatic heterocycles. The summed E-state index contributed by atoms with van der Waals surface area (Å²) in [5.41, 5.74) is 1.82. The lowest BCUT2D eigenvalue weighted by Crippen LogP contribution is -2.32. The van der Waals surface area contributed by atoms with Crippen molar-refractivity contribution >= 4 is 17.6 Å². The molecular weight excluding hydrogens is 342 g/mol. The lowest BCUT2D eigenvalue weighted by atomic mass is 9.97. The van der Waals surface area contributed by atoms with Crippen LogP contribution in [0.3, 0.4) is 0 Å². The van der Waals surface area contributed by atoms with Crippen LogP contribution in [-0.4, -0.2) is 44.1 Å². The maximum atomic E-state index is 12.2. The molecule has 2 aromatic carbocycles. The molecule has 6 nitrogen and oxygen atoms in total. The SMILES string of the molecule is CCC(CNC(=O)Nc1cccc(OCC(=O)N(C)C)c1)c1ccccc1. The van der Waals surface area contributed by atoms with E-state index in [1.807, 2.05) is 18.2 Å². The Morgan fingerprint density at radius 2 is 1.81 bits per heavy atom. The fourth-order valence-corrected chi connectivity index (χ4v) is 2.55. The van der Waals surface area contributed by atoms with E-state index in [0.29, 0.717) is 18.0 Å². The molecule has 6 heteroatoms. The second-order valence-electron chi connectivity index (χ2n) is 6.46. The molecule has 3 amide bonds. The van der Waals surface area contributed by atoms with E-state index in [2.05, 4.69) is 29.7 Å². The van der Waals surface area contributed by atoms with E-state index in [1.165, 1.54) is 10.5 Å². The van der Waals surface area contributed by atoms with Gasteiger partial charge in [-0.2, -0.15) is 0 Å². The fraction of sp³-hybridized carbons (Fsp3) is 0.333. The van der Waals surface area contributed by atoms with Gasteiger partial charge < -0.3 is 20.3 Å². The third-order valence-corrected chi connectivity index (χ3v) is 4.23. The first-order valence-corrected chi connectivity index (χ1v) is 9.02. The Bertz CT molecular complexity index is 747. The minimum Gasteiger partial charge on any atom is -0.484 e. The van der Waals surface area contributed by atoms with Crippen molar-refractivity contribution in [2.24, 2.45) is 0 Å². The largest absolute Gasteiger partial charge is 0.484 e. The van der Waals surface area contributed by atoms with Crippen molar-refractivity contribution in [3.8, 4) is 5.75 Å². The highest BCUT2D eigenvalue weighted by atomic mass is 16.5. The van der Waals surface area contributed by atoms with Crippen LogP contribution in [0.15, 0.2) is 54.6 Å². The van der Waals surface area contributed by atoms with Crippen molar-refractivity contribution in [1.82, 2.24) is 10.2 Å². The van der Waals surface area contributed by atoms with Gasteiger partial charge in [0.2, 0.25) is 0 Å². The predicted molar refractivity (Wildman–Crippen MR) is 107 cm³/mol. The predicted octanol–water partition coefficient (Wildman–Crippen LogP) is 3.47. The summed E-state index contributed by atoms with van der Waals surface area (Å²) in [6.07, 6.45) is 0.938. The van der Waals surface area contributed by atoms with Gasteiger partial charge in [-0.3, -0.25) is 4.79 Å². The second-order valence-corrected chi connectivity index (χ2v) is 6.46. The zero-order valence-electron chi connectivity index (χ0n) is 16.1. The van der Waals surface area contributed by atoms with Gasteiger partial charge in [-0.25, -0.2) is 4.79 Å². The molecule has 2 aromatic rings. The van der Waals surface area contributed by atoms with Crippen LogP contribution in [0, 0.1) is 0 Å². The standard InChI is InChI=1S/C21H27N3O3/c1-4-16(17-9-6-5-7-10-17)14-22-21(26)23-18-11-8-12-19(13-18)27-15-20(25)24(2)3/h5-13,16H,4,14-15H2,1-3H3,(H2,22,23,26). The third-order valence-electron chi connectivity index (χ3n) is 4.23. The highest BCUT2D eigenvalue weighted by Crippen LogP contribution is 2.19. The Morgan fingerprint density at radius 3 is 2.48 bits per heavy atom. The molecule has 0 aliphatic rings. The number of carbonyl (C=O) groups is 2. The van der Waals surface area contributed by atoms with Crippen LogP contribution in [0.2, 0.25) is 0 Å². The first-order valence-electron chi connectivity index (χ1n) is 9.02. The van der Waals surface area contributed by atoms with Crippen LogP contribution >= 0.6 is 0 Å². The van der Waals surface area contributed by atoms with Crippen molar-refractivity contribution in [2.75, 3.05) is 32.6 Å². The highest BCUT2D eigenvalue weighted by Gasteiger charge is 2.11. The zero-order valence-corrected chi connectivity index (χ0v) is 16.1. The van der Waals surface area contributed by atoms with Gasteiger partial charge in [0.1, 0.15) is 5.75 Å². The Morgan fingerprint density at radius 1 is 1.07 bits per heavy atom. The van der Waals surface area contributed by atoms with Gasteiger partial charge in [0.15, 0.2) is 6.61 Å². The smallest absolute Gasteiger partial charge is 0.319 e. The van der Waals surface area contributed by atoms with E-state index in [0.717, 1.165) is 6.42 Å². The molecule has 0 saturated carbocycles. The summed E-state index contributed by atoms with van der Waals surface area (Å²) >= 11 is 0. The van der Waals surface area contributed by atoms with Crippen LogP contribution in [0.25, 0.3) is 0 Å². The van der Waals surface area contributed by atoms with Gasteiger partial charge in [0, 0.05) is 38.3 Å². The number of likely N-dealkylation sites (N-methyl/N-ethyl adjacent to an activating group) is 1. The normalized spacial score (nSPS) is 11.4. The average Bonchev–Trinajstić information content (AvgIpc) is 2.67. The summed E-state index contributed by atoms with van der Waals surface area (Å²) in [5.74, 6) is 0.667. The molecule has 0 aliphatic carbocycles. The monoisotopic (exact) mass is 369 g/mol. The Hall–Kier alpha value is -3.02. The topological polar surface area (TPSA) is 70.7 Å². The molecule has 1 atom stereocenters. The highest BCUT2D eigenvalue weighted by molar-refractivity contribution is 5.89. The van der Waals surface area contributed by atoms with Crippen LogP contribution in [-0.2, 0) is 4.79 Å². The van der Waals surface area contributed by atoms with E-state index < -0.39 is 0 Å². The van der Waals surface area contributed by atoms with Crippen LogP contribution in [0.5, 0.6) is 5.75 Å². The number of benzene rings is 2. The van der Waals surface area contributed by atoms with E-state index in [9.17, 15) is 9.59 Å². The summed E-state index contributed by atoms with van der Waals surface area (Å²) in [6.45, 7) is 2.62. The van der Waals surface area contributed by atoms with Gasteiger partial charge in [0.25, 0.3) is 5.91 Å². The molecule has 0 fully saturated rings. The van der Waals surface area contributed by atoms with Crippen LogP contribution < -0.4 is 15.4 Å². The number of nitrogens with one attached hydrogen (secondary N) is 2. The van der Waals surface area contributed by atoms with Gasteiger partial charge >= 0.3 is 6.03 Å². The number of hydrogen-bond acceptors (Lipinski definition) is 3.